The van der Waals surface area contributed by atoms with Gasteiger partial charge in [0.15, 0.2) is 0 Å². The van der Waals surface area contributed by atoms with Crippen molar-refractivity contribution in [2.24, 2.45) is 0 Å². The summed E-state index contributed by atoms with van der Waals surface area (Å²) in [6.45, 7) is 6.48. The van der Waals surface area contributed by atoms with E-state index in [-0.39, 0.29) is 6.04 Å². The molecule has 1 nitrogen and oxygen atoms in total. The number of hydrogen-bond acceptors (Lipinski definition) is 1. The highest BCUT2D eigenvalue weighted by molar-refractivity contribution is 9.11. The van der Waals surface area contributed by atoms with Gasteiger partial charge >= 0.3 is 0 Å². The molecular weight excluding hydrogens is 366 g/mol. The van der Waals surface area contributed by atoms with Gasteiger partial charge in [0.25, 0.3) is 0 Å². The van der Waals surface area contributed by atoms with Crippen LogP contribution < -0.4 is 5.32 Å². The molecular formula is C16H17Br2N. The quantitative estimate of drug-likeness (QED) is 0.686. The summed E-state index contributed by atoms with van der Waals surface area (Å²) in [5, 5.41) is 3.55. The third-order valence-electron chi connectivity index (χ3n) is 3.20. The first kappa shape index (κ1) is 14.6. The Morgan fingerprint density at radius 3 is 2.42 bits per heavy atom. The molecule has 2 rings (SSSR count). The molecule has 0 aromatic heterocycles. The highest BCUT2D eigenvalue weighted by Crippen LogP contribution is 2.30. The molecule has 0 spiro atoms. The molecule has 0 saturated carbocycles. The van der Waals surface area contributed by atoms with Crippen LogP contribution in [-0.4, -0.2) is 0 Å². The van der Waals surface area contributed by atoms with Crippen molar-refractivity contribution < 1.29 is 0 Å². The maximum Gasteiger partial charge on any atom is 0.0490 e. The first-order valence-corrected chi connectivity index (χ1v) is 7.84. The molecule has 100 valence electrons. The van der Waals surface area contributed by atoms with Gasteiger partial charge in [-0.3, -0.25) is 0 Å². The van der Waals surface area contributed by atoms with Crippen LogP contribution in [0.3, 0.4) is 0 Å². The lowest BCUT2D eigenvalue weighted by atomic mass is 10.00. The fourth-order valence-corrected chi connectivity index (χ4v) is 3.31. The Morgan fingerprint density at radius 1 is 1.00 bits per heavy atom. The Kier molecular flexibility index (Phi) is 4.69. The van der Waals surface area contributed by atoms with E-state index in [1.165, 1.54) is 16.7 Å². The van der Waals surface area contributed by atoms with Crippen molar-refractivity contribution in [2.75, 3.05) is 5.32 Å². The van der Waals surface area contributed by atoms with Gasteiger partial charge in [-0.25, -0.2) is 0 Å². The Hall–Kier alpha value is -0.800. The lowest BCUT2D eigenvalue weighted by Gasteiger charge is -2.19. The molecule has 0 aliphatic carbocycles. The normalized spacial score (nSPS) is 12.3. The third kappa shape index (κ3) is 3.61. The second-order valence-corrected chi connectivity index (χ2v) is 6.62. The lowest BCUT2D eigenvalue weighted by molar-refractivity contribution is 0.871. The van der Waals surface area contributed by atoms with Gasteiger partial charge < -0.3 is 5.32 Å². The Labute approximate surface area is 131 Å². The number of anilines is 1. The molecule has 2 aromatic rings. The average molecular weight is 383 g/mol. The molecule has 2 aromatic carbocycles. The topological polar surface area (TPSA) is 12.0 Å². The molecule has 0 heterocycles. The molecule has 1 atom stereocenters. The number of nitrogens with one attached hydrogen (secondary N) is 1. The molecule has 1 unspecified atom stereocenters. The van der Waals surface area contributed by atoms with E-state index in [4.69, 9.17) is 0 Å². The first-order valence-electron chi connectivity index (χ1n) is 6.26. The maximum atomic E-state index is 3.59. The highest BCUT2D eigenvalue weighted by Gasteiger charge is 2.10. The van der Waals surface area contributed by atoms with E-state index >= 15 is 0 Å². The lowest BCUT2D eigenvalue weighted by Crippen LogP contribution is -2.08. The van der Waals surface area contributed by atoms with Crippen molar-refractivity contribution in [1.82, 2.24) is 0 Å². The zero-order valence-corrected chi connectivity index (χ0v) is 14.5. The van der Waals surface area contributed by atoms with Crippen LogP contribution in [-0.2, 0) is 0 Å². The summed E-state index contributed by atoms with van der Waals surface area (Å²) in [7, 11) is 0. The van der Waals surface area contributed by atoms with Crippen molar-refractivity contribution >= 4 is 37.5 Å². The summed E-state index contributed by atoms with van der Waals surface area (Å²) < 4.78 is 2.14. The predicted molar refractivity (Wildman–Crippen MR) is 89.8 cm³/mol. The molecule has 0 aliphatic heterocycles. The largest absolute Gasteiger partial charge is 0.378 e. The second-order valence-electron chi connectivity index (χ2n) is 4.85. The number of rotatable bonds is 3. The summed E-state index contributed by atoms with van der Waals surface area (Å²) in [4.78, 5) is 0. The van der Waals surface area contributed by atoms with Gasteiger partial charge in [0.05, 0.1) is 0 Å². The zero-order valence-electron chi connectivity index (χ0n) is 11.3. The highest BCUT2D eigenvalue weighted by atomic mass is 79.9. The van der Waals surface area contributed by atoms with E-state index in [0.717, 1.165) is 14.6 Å². The summed E-state index contributed by atoms with van der Waals surface area (Å²) in [5.41, 5.74) is 5.06. The summed E-state index contributed by atoms with van der Waals surface area (Å²) in [6.07, 6.45) is 0. The first-order chi connectivity index (χ1) is 8.97. The standard InChI is InChI=1S/C16H17Br2N/c1-10-4-5-11(2)14(8-10)12(3)19-16-7-6-13(17)9-15(16)18/h4-9,12,19H,1-3H3. The van der Waals surface area contributed by atoms with Crippen LogP contribution in [0.15, 0.2) is 45.3 Å². The molecule has 0 amide bonds. The van der Waals surface area contributed by atoms with E-state index in [1.54, 1.807) is 0 Å². The molecule has 0 aliphatic rings. The summed E-state index contributed by atoms with van der Waals surface area (Å²) in [5.74, 6) is 0. The summed E-state index contributed by atoms with van der Waals surface area (Å²) >= 11 is 7.06. The Bertz CT molecular complexity index is 593. The smallest absolute Gasteiger partial charge is 0.0490 e. The number of aryl methyl sites for hydroxylation is 2. The van der Waals surface area contributed by atoms with Gasteiger partial charge in [-0.1, -0.05) is 39.7 Å². The average Bonchev–Trinajstić information content (AvgIpc) is 2.35. The molecule has 0 saturated heterocycles. The zero-order chi connectivity index (χ0) is 14.0. The van der Waals surface area contributed by atoms with Gasteiger partial charge in [-0.2, -0.15) is 0 Å². The third-order valence-corrected chi connectivity index (χ3v) is 4.35. The van der Waals surface area contributed by atoms with E-state index in [2.05, 4.69) is 88.3 Å². The Morgan fingerprint density at radius 2 is 1.74 bits per heavy atom. The molecule has 1 N–H and O–H groups in total. The second kappa shape index (κ2) is 6.10. The monoisotopic (exact) mass is 381 g/mol. The van der Waals surface area contributed by atoms with Gasteiger partial charge in [0.2, 0.25) is 0 Å². The molecule has 19 heavy (non-hydrogen) atoms. The molecule has 3 heteroatoms. The van der Waals surface area contributed by atoms with Crippen molar-refractivity contribution in [2.45, 2.75) is 26.8 Å². The van der Waals surface area contributed by atoms with E-state index < -0.39 is 0 Å². The van der Waals surface area contributed by atoms with Crippen LogP contribution in [0.2, 0.25) is 0 Å². The predicted octanol–water partition coefficient (Wildman–Crippen LogP) is 6.00. The van der Waals surface area contributed by atoms with Crippen LogP contribution in [0.1, 0.15) is 29.7 Å². The van der Waals surface area contributed by atoms with Gasteiger partial charge in [-0.15, -0.1) is 0 Å². The van der Waals surface area contributed by atoms with Crippen LogP contribution in [0.25, 0.3) is 0 Å². The number of halogens is 2. The van der Waals surface area contributed by atoms with E-state index in [9.17, 15) is 0 Å². The van der Waals surface area contributed by atoms with E-state index in [1.807, 2.05) is 6.07 Å². The fourth-order valence-electron chi connectivity index (χ4n) is 2.14. The maximum absolute atomic E-state index is 3.59. The Balaban J connectivity index is 2.25. The van der Waals surface area contributed by atoms with E-state index in [0.29, 0.717) is 0 Å². The van der Waals surface area contributed by atoms with Crippen molar-refractivity contribution in [3.05, 3.63) is 62.0 Å². The number of benzene rings is 2. The minimum atomic E-state index is 0.275. The van der Waals surface area contributed by atoms with Crippen LogP contribution >= 0.6 is 31.9 Å². The molecule has 0 radical (unpaired) electrons. The van der Waals surface area contributed by atoms with Crippen molar-refractivity contribution in [3.63, 3.8) is 0 Å². The van der Waals surface area contributed by atoms with Gasteiger partial charge in [-0.05, 0) is 66.0 Å². The minimum absolute atomic E-state index is 0.275. The minimum Gasteiger partial charge on any atom is -0.378 e. The van der Waals surface area contributed by atoms with Gasteiger partial charge in [0.1, 0.15) is 0 Å². The van der Waals surface area contributed by atoms with Crippen molar-refractivity contribution in [1.29, 1.82) is 0 Å². The number of hydrogen-bond donors (Lipinski definition) is 1. The molecule has 0 fully saturated rings. The SMILES string of the molecule is Cc1ccc(C)c(C(C)Nc2ccc(Br)cc2Br)c1. The van der Waals surface area contributed by atoms with Crippen LogP contribution in [0.5, 0.6) is 0 Å². The van der Waals surface area contributed by atoms with Gasteiger partial charge in [0, 0.05) is 20.7 Å². The van der Waals surface area contributed by atoms with Crippen molar-refractivity contribution in [3.8, 4) is 0 Å². The summed E-state index contributed by atoms with van der Waals surface area (Å²) in [6, 6.07) is 13.0. The molecule has 0 bridgehead atoms. The van der Waals surface area contributed by atoms with Crippen LogP contribution in [0, 0.1) is 13.8 Å². The fraction of sp³-hybridized carbons (Fsp3) is 0.250. The van der Waals surface area contributed by atoms with Crippen LogP contribution in [0.4, 0.5) is 5.69 Å².